The fraction of sp³-hybridized carbons (Fsp3) is 0.0909. The van der Waals surface area contributed by atoms with Crippen LogP contribution in [0.1, 0.15) is 17.4 Å². The number of nitrogens with zero attached hydrogens (tertiary/aromatic N) is 3. The van der Waals surface area contributed by atoms with E-state index in [0.717, 1.165) is 0 Å². The summed E-state index contributed by atoms with van der Waals surface area (Å²) in [4.78, 5) is 21.7. The third-order valence-electron chi connectivity index (χ3n) is 2.34. The van der Waals surface area contributed by atoms with E-state index in [1.807, 2.05) is 0 Å². The van der Waals surface area contributed by atoms with Crippen molar-refractivity contribution in [2.45, 2.75) is 6.92 Å². The van der Waals surface area contributed by atoms with Crippen molar-refractivity contribution in [2.75, 3.05) is 11.1 Å². The first-order valence-corrected chi connectivity index (χ1v) is 5.31. The quantitative estimate of drug-likeness (QED) is 0.739. The molecule has 0 aliphatic rings. The van der Waals surface area contributed by atoms with Crippen LogP contribution < -0.4 is 11.1 Å². The average molecular weight is 261 g/mol. The number of hydrogen-bond donors (Lipinski definition) is 3. The molecule has 1 aromatic carbocycles. The highest BCUT2D eigenvalue weighted by molar-refractivity contribution is 5.90. The SMILES string of the molecule is CC(=O)Nc1ccc(-n2nnc(C(=O)O)c2N)cc1. The molecule has 8 heteroatoms. The van der Waals surface area contributed by atoms with Crippen molar-refractivity contribution in [3.8, 4) is 5.69 Å². The van der Waals surface area contributed by atoms with Gasteiger partial charge in [0.15, 0.2) is 5.82 Å². The number of benzene rings is 1. The minimum Gasteiger partial charge on any atom is -0.476 e. The Bertz CT molecular complexity index is 632. The van der Waals surface area contributed by atoms with E-state index in [1.165, 1.54) is 11.6 Å². The summed E-state index contributed by atoms with van der Waals surface area (Å²) in [5, 5.41) is 18.6. The standard InChI is InChI=1S/C11H11N5O3/c1-6(17)13-7-2-4-8(5-3-7)16-10(12)9(11(18)19)14-15-16/h2-5H,12H2,1H3,(H,13,17)(H,18,19). The predicted molar refractivity (Wildman–Crippen MR) is 67.0 cm³/mol. The van der Waals surface area contributed by atoms with Gasteiger partial charge >= 0.3 is 5.97 Å². The van der Waals surface area contributed by atoms with E-state index in [0.29, 0.717) is 11.4 Å². The number of carboxylic acids is 1. The van der Waals surface area contributed by atoms with Gasteiger partial charge in [0.05, 0.1) is 5.69 Å². The number of carbonyl (C=O) groups excluding carboxylic acids is 1. The van der Waals surface area contributed by atoms with Crippen LogP contribution in [0, 0.1) is 0 Å². The maximum Gasteiger partial charge on any atom is 0.360 e. The predicted octanol–water partition coefficient (Wildman–Crippen LogP) is 0.506. The van der Waals surface area contributed by atoms with E-state index in [9.17, 15) is 9.59 Å². The number of aromatic nitrogens is 3. The van der Waals surface area contributed by atoms with Crippen molar-refractivity contribution in [3.63, 3.8) is 0 Å². The number of aromatic carboxylic acids is 1. The number of rotatable bonds is 3. The molecule has 1 amide bonds. The number of carboxylic acid groups (broad SMARTS) is 1. The van der Waals surface area contributed by atoms with Crippen LogP contribution in [0.15, 0.2) is 24.3 Å². The van der Waals surface area contributed by atoms with Crippen molar-refractivity contribution in [3.05, 3.63) is 30.0 Å². The molecular formula is C11H11N5O3. The monoisotopic (exact) mass is 261 g/mol. The molecule has 0 spiro atoms. The highest BCUT2D eigenvalue weighted by Gasteiger charge is 2.16. The summed E-state index contributed by atoms with van der Waals surface area (Å²) in [6.07, 6.45) is 0. The third-order valence-corrected chi connectivity index (χ3v) is 2.34. The number of carbonyl (C=O) groups is 2. The second kappa shape index (κ2) is 4.77. The molecule has 4 N–H and O–H groups in total. The Labute approximate surface area is 107 Å². The third kappa shape index (κ3) is 2.51. The molecule has 0 atom stereocenters. The number of hydrogen-bond acceptors (Lipinski definition) is 5. The minimum absolute atomic E-state index is 0.0558. The number of nitrogens with one attached hydrogen (secondary N) is 1. The van der Waals surface area contributed by atoms with Gasteiger partial charge in [-0.25, -0.2) is 4.79 Å². The molecule has 0 radical (unpaired) electrons. The molecule has 2 rings (SSSR count). The van der Waals surface area contributed by atoms with Crippen LogP contribution in [-0.4, -0.2) is 32.0 Å². The van der Waals surface area contributed by atoms with Gasteiger partial charge in [0.2, 0.25) is 11.6 Å². The van der Waals surface area contributed by atoms with Gasteiger partial charge in [-0.1, -0.05) is 5.21 Å². The summed E-state index contributed by atoms with van der Waals surface area (Å²) in [6, 6.07) is 6.58. The second-order valence-corrected chi connectivity index (χ2v) is 3.77. The van der Waals surface area contributed by atoms with Crippen LogP contribution in [0.25, 0.3) is 5.69 Å². The Morgan fingerprint density at radius 2 is 1.95 bits per heavy atom. The van der Waals surface area contributed by atoms with Crippen LogP contribution in [0.4, 0.5) is 11.5 Å². The van der Waals surface area contributed by atoms with Gasteiger partial charge in [0.25, 0.3) is 0 Å². The molecule has 0 saturated carbocycles. The lowest BCUT2D eigenvalue weighted by Gasteiger charge is -2.05. The lowest BCUT2D eigenvalue weighted by Crippen LogP contribution is -2.07. The molecule has 98 valence electrons. The summed E-state index contributed by atoms with van der Waals surface area (Å²) in [5.74, 6) is -1.47. The molecular weight excluding hydrogens is 250 g/mol. The van der Waals surface area contributed by atoms with Gasteiger partial charge in [-0.15, -0.1) is 5.10 Å². The Morgan fingerprint density at radius 1 is 1.32 bits per heavy atom. The van der Waals surface area contributed by atoms with Crippen LogP contribution in [0.5, 0.6) is 0 Å². The summed E-state index contributed by atoms with van der Waals surface area (Å²) in [7, 11) is 0. The van der Waals surface area contributed by atoms with E-state index >= 15 is 0 Å². The zero-order valence-corrected chi connectivity index (χ0v) is 9.99. The number of nitrogens with two attached hydrogens (primary N) is 1. The van der Waals surface area contributed by atoms with Gasteiger partial charge < -0.3 is 16.2 Å². The van der Waals surface area contributed by atoms with Gasteiger partial charge in [-0.3, -0.25) is 4.79 Å². The Hall–Kier alpha value is -2.90. The zero-order valence-electron chi connectivity index (χ0n) is 9.99. The first-order valence-electron chi connectivity index (χ1n) is 5.31. The van der Waals surface area contributed by atoms with Gasteiger partial charge in [-0.05, 0) is 24.3 Å². The van der Waals surface area contributed by atoms with Crippen LogP contribution in [-0.2, 0) is 4.79 Å². The van der Waals surface area contributed by atoms with Crippen molar-refractivity contribution in [1.82, 2.24) is 15.0 Å². The normalized spacial score (nSPS) is 10.2. The Kier molecular flexibility index (Phi) is 3.15. The molecule has 1 aromatic heterocycles. The minimum atomic E-state index is -1.24. The Balaban J connectivity index is 2.32. The molecule has 0 fully saturated rings. The number of anilines is 2. The van der Waals surface area contributed by atoms with E-state index < -0.39 is 5.97 Å². The van der Waals surface area contributed by atoms with Crippen molar-refractivity contribution in [1.29, 1.82) is 0 Å². The molecule has 0 bridgehead atoms. The molecule has 1 heterocycles. The summed E-state index contributed by atoms with van der Waals surface area (Å²) < 4.78 is 1.21. The van der Waals surface area contributed by atoms with Crippen LogP contribution in [0.2, 0.25) is 0 Å². The first-order chi connectivity index (χ1) is 8.99. The summed E-state index contributed by atoms with van der Waals surface area (Å²) in [6.45, 7) is 1.41. The molecule has 19 heavy (non-hydrogen) atoms. The van der Waals surface area contributed by atoms with Crippen LogP contribution >= 0.6 is 0 Å². The number of amides is 1. The maximum atomic E-state index is 10.9. The maximum absolute atomic E-state index is 10.9. The summed E-state index contributed by atoms with van der Waals surface area (Å²) >= 11 is 0. The molecule has 0 aliphatic carbocycles. The fourth-order valence-corrected chi connectivity index (χ4v) is 1.52. The molecule has 8 nitrogen and oxygen atoms in total. The van der Waals surface area contributed by atoms with Crippen LogP contribution in [0.3, 0.4) is 0 Å². The lowest BCUT2D eigenvalue weighted by molar-refractivity contribution is -0.114. The molecule has 2 aromatic rings. The van der Waals surface area contributed by atoms with Crippen molar-refractivity contribution >= 4 is 23.4 Å². The highest BCUT2D eigenvalue weighted by Crippen LogP contribution is 2.17. The average Bonchev–Trinajstić information content (AvgIpc) is 2.71. The number of nitrogen functional groups attached to an aromatic ring is 1. The van der Waals surface area contributed by atoms with Crippen molar-refractivity contribution < 1.29 is 14.7 Å². The van der Waals surface area contributed by atoms with Gasteiger partial charge in [0, 0.05) is 12.6 Å². The van der Waals surface area contributed by atoms with E-state index in [2.05, 4.69) is 15.6 Å². The van der Waals surface area contributed by atoms with Crippen molar-refractivity contribution in [2.24, 2.45) is 0 Å². The Morgan fingerprint density at radius 3 is 2.42 bits per heavy atom. The lowest BCUT2D eigenvalue weighted by atomic mass is 10.2. The largest absolute Gasteiger partial charge is 0.476 e. The van der Waals surface area contributed by atoms with E-state index in [1.54, 1.807) is 24.3 Å². The molecule has 0 aliphatic heterocycles. The second-order valence-electron chi connectivity index (χ2n) is 3.77. The van der Waals surface area contributed by atoms with E-state index in [4.69, 9.17) is 10.8 Å². The topological polar surface area (TPSA) is 123 Å². The van der Waals surface area contributed by atoms with E-state index in [-0.39, 0.29) is 17.4 Å². The highest BCUT2D eigenvalue weighted by atomic mass is 16.4. The zero-order chi connectivity index (χ0) is 14.0. The van der Waals surface area contributed by atoms with Gasteiger partial charge in [0.1, 0.15) is 0 Å². The first kappa shape index (κ1) is 12.6. The fourth-order valence-electron chi connectivity index (χ4n) is 1.52. The summed E-state index contributed by atoms with van der Waals surface area (Å²) in [5.41, 5.74) is 6.51. The van der Waals surface area contributed by atoms with Gasteiger partial charge in [-0.2, -0.15) is 4.68 Å². The molecule has 0 saturated heterocycles. The smallest absolute Gasteiger partial charge is 0.360 e. The molecule has 0 unspecified atom stereocenters.